The van der Waals surface area contributed by atoms with E-state index in [0.717, 1.165) is 7.05 Å². The first-order valence-electron chi connectivity index (χ1n) is 4.60. The predicted octanol–water partition coefficient (Wildman–Crippen LogP) is -0.456. The number of hydrogen-bond acceptors (Lipinski definition) is 4. The van der Waals surface area contributed by atoms with Crippen LogP contribution >= 0.6 is 0 Å². The third kappa shape index (κ3) is 2.38. The largest absolute Gasteiger partial charge is 0.394 e. The molecule has 1 rings (SSSR count). The van der Waals surface area contributed by atoms with Gasteiger partial charge in [-0.05, 0) is 0 Å². The first-order chi connectivity index (χ1) is 7.70. The van der Waals surface area contributed by atoms with Crippen LogP contribution in [0.2, 0.25) is 0 Å². The highest BCUT2D eigenvalue weighted by Crippen LogP contribution is 2.27. The first-order valence-corrected chi connectivity index (χ1v) is 4.60. The summed E-state index contributed by atoms with van der Waals surface area (Å²) in [5, 5.41) is 0. The number of amides is 4. The SMILES string of the molecule is CN1C(=O)C(=O)N(CC(CN)C(F)(F)F)C1=O. The molecule has 1 aliphatic rings. The van der Waals surface area contributed by atoms with Gasteiger partial charge in [-0.15, -0.1) is 0 Å². The van der Waals surface area contributed by atoms with Crippen molar-refractivity contribution in [1.29, 1.82) is 0 Å². The molecule has 0 spiro atoms. The van der Waals surface area contributed by atoms with Crippen LogP contribution in [0.25, 0.3) is 0 Å². The van der Waals surface area contributed by atoms with Crippen molar-refractivity contribution in [3.63, 3.8) is 0 Å². The van der Waals surface area contributed by atoms with Crippen LogP contribution in [0.5, 0.6) is 0 Å². The van der Waals surface area contributed by atoms with Crippen molar-refractivity contribution in [3.05, 3.63) is 0 Å². The molecule has 4 amide bonds. The summed E-state index contributed by atoms with van der Waals surface area (Å²) in [6, 6.07) is -1.07. The van der Waals surface area contributed by atoms with E-state index in [1.165, 1.54) is 0 Å². The lowest BCUT2D eigenvalue weighted by molar-refractivity contribution is -0.175. The van der Waals surface area contributed by atoms with Gasteiger partial charge in [-0.25, -0.2) is 4.79 Å². The van der Waals surface area contributed by atoms with Crippen molar-refractivity contribution in [1.82, 2.24) is 9.80 Å². The van der Waals surface area contributed by atoms with Gasteiger partial charge >= 0.3 is 24.0 Å². The van der Waals surface area contributed by atoms with Gasteiger partial charge in [0, 0.05) is 20.1 Å². The zero-order chi connectivity index (χ0) is 13.4. The van der Waals surface area contributed by atoms with E-state index in [9.17, 15) is 27.6 Å². The van der Waals surface area contributed by atoms with E-state index >= 15 is 0 Å². The highest BCUT2D eigenvalue weighted by molar-refractivity contribution is 6.44. The number of carbonyl (C=O) groups excluding carboxylic acids is 3. The van der Waals surface area contributed by atoms with Crippen molar-refractivity contribution in [3.8, 4) is 0 Å². The number of halogens is 3. The second kappa shape index (κ2) is 4.32. The minimum Gasteiger partial charge on any atom is -0.330 e. The molecule has 17 heavy (non-hydrogen) atoms. The Labute approximate surface area is 94.1 Å². The van der Waals surface area contributed by atoms with E-state index in [-0.39, 0.29) is 4.90 Å². The highest BCUT2D eigenvalue weighted by Gasteiger charge is 2.47. The van der Waals surface area contributed by atoms with Gasteiger partial charge in [-0.1, -0.05) is 0 Å². The number of rotatable bonds is 3. The fourth-order valence-corrected chi connectivity index (χ4v) is 1.31. The summed E-state index contributed by atoms with van der Waals surface area (Å²) in [7, 11) is 1.02. The maximum absolute atomic E-state index is 12.4. The second-order valence-corrected chi connectivity index (χ2v) is 3.54. The van der Waals surface area contributed by atoms with Crippen LogP contribution in [0.3, 0.4) is 0 Å². The van der Waals surface area contributed by atoms with E-state index in [2.05, 4.69) is 0 Å². The van der Waals surface area contributed by atoms with E-state index in [4.69, 9.17) is 5.73 Å². The van der Waals surface area contributed by atoms with Crippen molar-refractivity contribution < 1.29 is 27.6 Å². The van der Waals surface area contributed by atoms with E-state index in [1.807, 2.05) is 0 Å². The predicted molar refractivity (Wildman–Crippen MR) is 48.5 cm³/mol. The number of urea groups is 1. The smallest absolute Gasteiger partial charge is 0.330 e. The standard InChI is InChI=1S/C8H10F3N3O3/c1-13-5(15)6(16)14(7(13)17)3-4(2-12)8(9,10)11/h4H,2-3,12H2,1H3. The maximum atomic E-state index is 12.4. The molecular weight excluding hydrogens is 243 g/mol. The molecule has 1 saturated heterocycles. The van der Waals surface area contributed by atoms with Gasteiger partial charge in [0.05, 0.1) is 5.92 Å². The van der Waals surface area contributed by atoms with Crippen molar-refractivity contribution in [2.75, 3.05) is 20.1 Å². The van der Waals surface area contributed by atoms with Gasteiger partial charge in [0.2, 0.25) is 0 Å². The lowest BCUT2D eigenvalue weighted by atomic mass is 10.1. The Balaban J connectivity index is 2.85. The van der Waals surface area contributed by atoms with E-state index in [1.54, 1.807) is 0 Å². The Morgan fingerprint density at radius 2 is 1.76 bits per heavy atom. The number of likely N-dealkylation sites (N-methyl/N-ethyl adjacent to an activating group) is 1. The zero-order valence-electron chi connectivity index (χ0n) is 8.82. The molecule has 6 nitrogen and oxygen atoms in total. The molecule has 1 aliphatic heterocycles. The Morgan fingerprint density at radius 1 is 1.24 bits per heavy atom. The third-order valence-corrected chi connectivity index (χ3v) is 2.40. The molecule has 0 aromatic carbocycles. The molecule has 0 aliphatic carbocycles. The molecule has 1 atom stereocenters. The molecule has 1 heterocycles. The maximum Gasteiger partial charge on any atom is 0.394 e. The van der Waals surface area contributed by atoms with Gasteiger partial charge in [0.25, 0.3) is 0 Å². The summed E-state index contributed by atoms with van der Waals surface area (Å²) in [6.45, 7) is -1.70. The quantitative estimate of drug-likeness (QED) is 0.545. The van der Waals surface area contributed by atoms with Gasteiger partial charge in [-0.2, -0.15) is 13.2 Å². The van der Waals surface area contributed by atoms with Crippen LogP contribution in [-0.2, 0) is 9.59 Å². The summed E-state index contributed by atoms with van der Waals surface area (Å²) in [4.78, 5) is 34.3. The molecular formula is C8H10F3N3O3. The average Bonchev–Trinajstić information content (AvgIpc) is 2.40. The molecule has 2 N–H and O–H groups in total. The number of hydrogen-bond donors (Lipinski definition) is 1. The van der Waals surface area contributed by atoms with E-state index < -0.39 is 43.0 Å². The zero-order valence-corrected chi connectivity index (χ0v) is 8.82. The molecule has 9 heteroatoms. The molecule has 1 unspecified atom stereocenters. The van der Waals surface area contributed by atoms with Crippen LogP contribution in [-0.4, -0.2) is 54.0 Å². The molecule has 96 valence electrons. The van der Waals surface area contributed by atoms with Crippen molar-refractivity contribution in [2.45, 2.75) is 6.18 Å². The summed E-state index contributed by atoms with van der Waals surface area (Å²) >= 11 is 0. The normalized spacial score (nSPS) is 19.2. The van der Waals surface area contributed by atoms with Gasteiger partial charge in [0.15, 0.2) is 0 Å². The van der Waals surface area contributed by atoms with Crippen LogP contribution in [0.1, 0.15) is 0 Å². The van der Waals surface area contributed by atoms with Crippen LogP contribution in [0, 0.1) is 5.92 Å². The fraction of sp³-hybridized carbons (Fsp3) is 0.625. The summed E-state index contributed by atoms with van der Waals surface area (Å²) < 4.78 is 37.2. The van der Waals surface area contributed by atoms with Gasteiger partial charge < -0.3 is 5.73 Å². The summed E-state index contributed by atoms with van der Waals surface area (Å²) in [5.41, 5.74) is 4.93. The number of imide groups is 2. The second-order valence-electron chi connectivity index (χ2n) is 3.54. The molecule has 0 bridgehead atoms. The lowest BCUT2D eigenvalue weighted by Gasteiger charge is -2.22. The van der Waals surface area contributed by atoms with Crippen LogP contribution < -0.4 is 5.73 Å². The molecule has 0 radical (unpaired) electrons. The highest BCUT2D eigenvalue weighted by atomic mass is 19.4. The fourth-order valence-electron chi connectivity index (χ4n) is 1.31. The molecule has 1 fully saturated rings. The number of alkyl halides is 3. The summed E-state index contributed by atoms with van der Waals surface area (Å²) in [6.07, 6.45) is -4.63. The topological polar surface area (TPSA) is 83.7 Å². The molecule has 0 saturated carbocycles. The van der Waals surface area contributed by atoms with Gasteiger partial charge in [0.1, 0.15) is 0 Å². The van der Waals surface area contributed by atoms with Crippen LogP contribution in [0.15, 0.2) is 0 Å². The van der Waals surface area contributed by atoms with Crippen LogP contribution in [0.4, 0.5) is 18.0 Å². The van der Waals surface area contributed by atoms with Crippen molar-refractivity contribution in [2.24, 2.45) is 11.7 Å². The number of nitrogens with two attached hydrogens (primary N) is 1. The minimum absolute atomic E-state index is 0.257. The Kier molecular flexibility index (Phi) is 3.41. The average molecular weight is 253 g/mol. The number of nitrogens with zero attached hydrogens (tertiary/aromatic N) is 2. The third-order valence-electron chi connectivity index (χ3n) is 2.40. The monoisotopic (exact) mass is 253 g/mol. The lowest BCUT2D eigenvalue weighted by Crippen LogP contribution is -2.43. The minimum atomic E-state index is -4.63. The Morgan fingerprint density at radius 3 is 2.06 bits per heavy atom. The molecule has 0 aromatic heterocycles. The first kappa shape index (κ1) is 13.4. The van der Waals surface area contributed by atoms with E-state index in [0.29, 0.717) is 4.90 Å². The van der Waals surface area contributed by atoms with Gasteiger partial charge in [-0.3, -0.25) is 19.4 Å². The Bertz CT molecular complexity index is 369. The van der Waals surface area contributed by atoms with Crippen molar-refractivity contribution >= 4 is 17.8 Å². The summed E-state index contributed by atoms with van der Waals surface area (Å²) in [5.74, 6) is -4.44. The number of carbonyl (C=O) groups is 3. The molecule has 0 aromatic rings. The Hall–Kier alpha value is -1.64.